The average Bonchev–Trinajstić information content (AvgIpc) is 2.62. The molecule has 132 valence electrons. The Morgan fingerprint density at radius 2 is 1.88 bits per heavy atom. The van der Waals surface area contributed by atoms with Gasteiger partial charge in [-0.05, 0) is 63.4 Å². The minimum absolute atomic E-state index is 0.166. The SMILES string of the molecule is C[C@H]1C[C@@H](C(=O)NCc2ccc(CN3CCCCC3)cc2)CCN1. The van der Waals surface area contributed by atoms with Gasteiger partial charge < -0.3 is 10.6 Å². The van der Waals surface area contributed by atoms with Crippen molar-refractivity contribution in [1.82, 2.24) is 15.5 Å². The van der Waals surface area contributed by atoms with Crippen LogP contribution in [-0.4, -0.2) is 36.5 Å². The second-order valence-electron chi connectivity index (χ2n) is 7.45. The number of hydrogen-bond acceptors (Lipinski definition) is 3. The summed E-state index contributed by atoms with van der Waals surface area (Å²) in [5, 5.41) is 6.51. The lowest BCUT2D eigenvalue weighted by atomic mass is 9.92. The predicted octanol–water partition coefficient (Wildman–Crippen LogP) is 2.68. The molecule has 1 amide bonds. The van der Waals surface area contributed by atoms with Crippen molar-refractivity contribution in [3.8, 4) is 0 Å². The minimum atomic E-state index is 0.166. The zero-order valence-electron chi connectivity index (χ0n) is 14.9. The van der Waals surface area contributed by atoms with E-state index >= 15 is 0 Å². The molecule has 2 heterocycles. The monoisotopic (exact) mass is 329 g/mol. The van der Waals surface area contributed by atoms with E-state index in [-0.39, 0.29) is 11.8 Å². The third kappa shape index (κ3) is 5.05. The molecule has 4 nitrogen and oxygen atoms in total. The van der Waals surface area contributed by atoms with Gasteiger partial charge in [-0.25, -0.2) is 0 Å². The Bertz CT molecular complexity index is 522. The third-order valence-corrected chi connectivity index (χ3v) is 5.34. The van der Waals surface area contributed by atoms with Crippen LogP contribution in [0.25, 0.3) is 0 Å². The second-order valence-corrected chi connectivity index (χ2v) is 7.45. The fourth-order valence-electron chi connectivity index (χ4n) is 3.84. The summed E-state index contributed by atoms with van der Waals surface area (Å²) in [6, 6.07) is 9.18. The van der Waals surface area contributed by atoms with E-state index in [0.717, 1.165) is 25.9 Å². The summed E-state index contributed by atoms with van der Waals surface area (Å²) in [6.45, 7) is 7.25. The molecule has 2 fully saturated rings. The fraction of sp³-hybridized carbons (Fsp3) is 0.650. The largest absolute Gasteiger partial charge is 0.352 e. The van der Waals surface area contributed by atoms with Crippen molar-refractivity contribution in [2.75, 3.05) is 19.6 Å². The minimum Gasteiger partial charge on any atom is -0.352 e. The average molecular weight is 329 g/mol. The van der Waals surface area contributed by atoms with Crippen molar-refractivity contribution in [2.45, 2.75) is 58.2 Å². The number of benzene rings is 1. The maximum Gasteiger partial charge on any atom is 0.223 e. The van der Waals surface area contributed by atoms with E-state index < -0.39 is 0 Å². The molecule has 0 radical (unpaired) electrons. The van der Waals surface area contributed by atoms with Crippen molar-refractivity contribution in [2.24, 2.45) is 5.92 Å². The smallest absolute Gasteiger partial charge is 0.223 e. The standard InChI is InChI=1S/C20H31N3O/c1-16-13-19(9-10-21-16)20(24)22-14-17-5-7-18(8-6-17)15-23-11-3-2-4-12-23/h5-8,16,19,21H,2-4,9-15H2,1H3,(H,22,24)/t16-,19-/m0/s1. The Kier molecular flexibility index (Phi) is 6.27. The van der Waals surface area contributed by atoms with Crippen LogP contribution >= 0.6 is 0 Å². The second kappa shape index (κ2) is 8.63. The van der Waals surface area contributed by atoms with Gasteiger partial charge in [0.25, 0.3) is 0 Å². The molecule has 24 heavy (non-hydrogen) atoms. The first-order chi connectivity index (χ1) is 11.7. The molecule has 2 aliphatic rings. The zero-order valence-corrected chi connectivity index (χ0v) is 14.9. The number of carbonyl (C=O) groups is 1. The maximum atomic E-state index is 12.3. The molecule has 1 aromatic rings. The Labute approximate surface area is 146 Å². The molecule has 0 spiro atoms. The van der Waals surface area contributed by atoms with Gasteiger partial charge >= 0.3 is 0 Å². The molecule has 0 saturated carbocycles. The Morgan fingerprint density at radius 3 is 2.58 bits per heavy atom. The fourth-order valence-corrected chi connectivity index (χ4v) is 3.84. The Hall–Kier alpha value is -1.39. The number of amides is 1. The van der Waals surface area contributed by atoms with Crippen LogP contribution in [0, 0.1) is 5.92 Å². The van der Waals surface area contributed by atoms with E-state index in [0.29, 0.717) is 12.6 Å². The van der Waals surface area contributed by atoms with Crippen LogP contribution in [0.2, 0.25) is 0 Å². The van der Waals surface area contributed by atoms with Gasteiger partial charge in [-0.3, -0.25) is 9.69 Å². The van der Waals surface area contributed by atoms with Crippen LogP contribution in [0.1, 0.15) is 50.2 Å². The highest BCUT2D eigenvalue weighted by Gasteiger charge is 2.24. The van der Waals surface area contributed by atoms with E-state index in [9.17, 15) is 4.79 Å². The highest BCUT2D eigenvalue weighted by Crippen LogP contribution is 2.17. The number of carbonyl (C=O) groups excluding carboxylic acids is 1. The first-order valence-corrected chi connectivity index (χ1v) is 9.52. The summed E-state index contributed by atoms with van der Waals surface area (Å²) >= 11 is 0. The number of nitrogens with zero attached hydrogens (tertiary/aromatic N) is 1. The van der Waals surface area contributed by atoms with E-state index in [2.05, 4.69) is 46.7 Å². The van der Waals surface area contributed by atoms with Crippen molar-refractivity contribution < 1.29 is 4.79 Å². The molecule has 0 unspecified atom stereocenters. The number of piperidine rings is 2. The number of nitrogens with one attached hydrogen (secondary N) is 2. The molecule has 3 rings (SSSR count). The van der Waals surface area contributed by atoms with E-state index in [1.807, 2.05) is 0 Å². The molecule has 0 aliphatic carbocycles. The lowest BCUT2D eigenvalue weighted by molar-refractivity contribution is -0.126. The van der Waals surface area contributed by atoms with E-state index in [4.69, 9.17) is 0 Å². The first kappa shape index (κ1) is 17.4. The van der Waals surface area contributed by atoms with Gasteiger partial charge in [-0.15, -0.1) is 0 Å². The quantitative estimate of drug-likeness (QED) is 0.873. The molecule has 2 atom stereocenters. The molecule has 2 saturated heterocycles. The number of rotatable bonds is 5. The highest BCUT2D eigenvalue weighted by atomic mass is 16.1. The molecule has 0 aromatic heterocycles. The van der Waals surface area contributed by atoms with Crippen LogP contribution in [0.3, 0.4) is 0 Å². The summed E-state index contributed by atoms with van der Waals surface area (Å²) in [4.78, 5) is 14.8. The van der Waals surface area contributed by atoms with Crippen molar-refractivity contribution >= 4 is 5.91 Å². The summed E-state index contributed by atoms with van der Waals surface area (Å²) in [7, 11) is 0. The van der Waals surface area contributed by atoms with Gasteiger partial charge in [0.2, 0.25) is 5.91 Å². The van der Waals surface area contributed by atoms with E-state index in [1.165, 1.54) is 43.5 Å². The Morgan fingerprint density at radius 1 is 1.17 bits per heavy atom. The van der Waals surface area contributed by atoms with Gasteiger partial charge in [0.1, 0.15) is 0 Å². The first-order valence-electron chi connectivity index (χ1n) is 9.52. The van der Waals surface area contributed by atoms with Gasteiger partial charge in [0.05, 0.1) is 0 Å². The molecule has 4 heteroatoms. The lowest BCUT2D eigenvalue weighted by Crippen LogP contribution is -2.42. The number of likely N-dealkylation sites (tertiary alicyclic amines) is 1. The van der Waals surface area contributed by atoms with Gasteiger partial charge in [0.15, 0.2) is 0 Å². The van der Waals surface area contributed by atoms with Gasteiger partial charge in [-0.1, -0.05) is 30.7 Å². The van der Waals surface area contributed by atoms with E-state index in [1.54, 1.807) is 0 Å². The summed E-state index contributed by atoms with van der Waals surface area (Å²) in [5.74, 6) is 0.375. The van der Waals surface area contributed by atoms with Gasteiger partial charge in [-0.2, -0.15) is 0 Å². The summed E-state index contributed by atoms with van der Waals surface area (Å²) in [6.07, 6.45) is 5.94. The van der Waals surface area contributed by atoms with Crippen molar-refractivity contribution in [3.63, 3.8) is 0 Å². The topological polar surface area (TPSA) is 44.4 Å². The zero-order chi connectivity index (χ0) is 16.8. The summed E-state index contributed by atoms with van der Waals surface area (Å²) in [5.41, 5.74) is 2.56. The van der Waals surface area contributed by atoms with Crippen LogP contribution in [0.4, 0.5) is 0 Å². The predicted molar refractivity (Wildman–Crippen MR) is 97.6 cm³/mol. The summed E-state index contributed by atoms with van der Waals surface area (Å²) < 4.78 is 0. The van der Waals surface area contributed by atoms with Crippen molar-refractivity contribution in [1.29, 1.82) is 0 Å². The van der Waals surface area contributed by atoms with Crippen LogP contribution in [0.15, 0.2) is 24.3 Å². The van der Waals surface area contributed by atoms with Crippen LogP contribution < -0.4 is 10.6 Å². The van der Waals surface area contributed by atoms with Crippen molar-refractivity contribution in [3.05, 3.63) is 35.4 Å². The highest BCUT2D eigenvalue weighted by molar-refractivity contribution is 5.78. The maximum absolute atomic E-state index is 12.3. The number of hydrogen-bond donors (Lipinski definition) is 2. The van der Waals surface area contributed by atoms with Crippen LogP contribution in [0.5, 0.6) is 0 Å². The molecule has 2 N–H and O–H groups in total. The molecule has 1 aromatic carbocycles. The molecule has 2 aliphatic heterocycles. The molecule has 0 bridgehead atoms. The van der Waals surface area contributed by atoms with Gasteiger partial charge in [0, 0.05) is 25.0 Å². The van der Waals surface area contributed by atoms with Crippen LogP contribution in [-0.2, 0) is 17.9 Å². The molecular weight excluding hydrogens is 298 g/mol. The lowest BCUT2D eigenvalue weighted by Gasteiger charge is -2.27. The Balaban J connectivity index is 1.44. The normalized spacial score (nSPS) is 25.4. The third-order valence-electron chi connectivity index (χ3n) is 5.34. The molecular formula is C20H31N3O.